The van der Waals surface area contributed by atoms with Gasteiger partial charge in [-0.3, -0.25) is 19.2 Å². The number of carbonyl (C=O) groups is 4. The maximum Gasteiger partial charge on any atom is 0.455 e. The molecule has 2 unspecified atom stereocenters. The van der Waals surface area contributed by atoms with Crippen molar-refractivity contribution in [3.05, 3.63) is 24.3 Å². The van der Waals surface area contributed by atoms with Gasteiger partial charge in [0.25, 0.3) is 0 Å². The van der Waals surface area contributed by atoms with Crippen molar-refractivity contribution in [1.29, 1.82) is 0 Å². The fraction of sp³-hybridized carbons (Fsp3) is 0.444. The molecule has 3 N–H and O–H groups in total. The third kappa shape index (κ3) is 5.47. The predicted molar refractivity (Wildman–Crippen MR) is 98.2 cm³/mol. The molecule has 8 nitrogen and oxygen atoms in total. The zero-order chi connectivity index (χ0) is 23.6. The molecule has 2 atom stereocenters. The van der Waals surface area contributed by atoms with Gasteiger partial charge in [0.15, 0.2) is 0 Å². The summed E-state index contributed by atoms with van der Waals surface area (Å²) in [4.78, 5) is 49.8. The molecule has 0 saturated heterocycles. The van der Waals surface area contributed by atoms with Crippen molar-refractivity contribution < 1.29 is 41.1 Å². The van der Waals surface area contributed by atoms with Gasteiger partial charge in [0, 0.05) is 6.92 Å². The van der Waals surface area contributed by atoms with E-state index in [2.05, 4.69) is 10.6 Å². The SMILES string of the molecule is CC(=O)N1CC(NC(=O)C(C)C(=O)NCC(F)(F)C(F)(F)F)C(=O)Nc2ccccc21. The molecule has 31 heavy (non-hydrogen) atoms. The molecule has 1 aliphatic heterocycles. The van der Waals surface area contributed by atoms with Crippen LogP contribution in [0.5, 0.6) is 0 Å². The molecule has 0 aromatic heterocycles. The molecule has 0 bridgehead atoms. The normalized spacial score (nSPS) is 17.7. The quantitative estimate of drug-likeness (QED) is 0.466. The second kappa shape index (κ2) is 8.86. The smallest absolute Gasteiger partial charge is 0.349 e. The third-order valence-electron chi connectivity index (χ3n) is 4.52. The number of carbonyl (C=O) groups excluding carboxylic acids is 4. The molecule has 4 amide bonds. The van der Waals surface area contributed by atoms with Gasteiger partial charge in [-0.2, -0.15) is 22.0 Å². The second-order valence-corrected chi connectivity index (χ2v) is 6.84. The van der Waals surface area contributed by atoms with Gasteiger partial charge in [-0.05, 0) is 19.1 Å². The molecule has 2 rings (SSSR count). The van der Waals surface area contributed by atoms with Gasteiger partial charge in [-0.1, -0.05) is 12.1 Å². The Balaban J connectivity index is 2.07. The van der Waals surface area contributed by atoms with Crippen LogP contribution < -0.4 is 20.9 Å². The minimum absolute atomic E-state index is 0.287. The van der Waals surface area contributed by atoms with Crippen LogP contribution in [0.15, 0.2) is 24.3 Å². The first kappa shape index (κ1) is 24.0. The monoisotopic (exact) mass is 450 g/mol. The lowest BCUT2D eigenvalue weighted by Crippen LogP contribution is -2.54. The first-order valence-corrected chi connectivity index (χ1v) is 8.95. The van der Waals surface area contributed by atoms with Crippen molar-refractivity contribution in [3.63, 3.8) is 0 Å². The summed E-state index contributed by atoms with van der Waals surface area (Å²) >= 11 is 0. The molecule has 0 spiro atoms. The number of alkyl halides is 5. The summed E-state index contributed by atoms with van der Waals surface area (Å²) in [7, 11) is 0. The molecule has 0 aliphatic carbocycles. The largest absolute Gasteiger partial charge is 0.455 e. The first-order valence-electron chi connectivity index (χ1n) is 8.95. The number of hydrogen-bond donors (Lipinski definition) is 3. The summed E-state index contributed by atoms with van der Waals surface area (Å²) in [6, 6.07) is 5.03. The summed E-state index contributed by atoms with van der Waals surface area (Å²) in [6.45, 7) is -0.112. The number of para-hydroxylation sites is 2. The molecule has 0 fully saturated rings. The Morgan fingerprint density at radius 3 is 2.35 bits per heavy atom. The van der Waals surface area contributed by atoms with Gasteiger partial charge < -0.3 is 20.9 Å². The van der Waals surface area contributed by atoms with Crippen molar-refractivity contribution in [2.24, 2.45) is 5.92 Å². The summed E-state index contributed by atoms with van der Waals surface area (Å²) in [6.07, 6.45) is -5.87. The van der Waals surface area contributed by atoms with Crippen LogP contribution in [0.1, 0.15) is 13.8 Å². The van der Waals surface area contributed by atoms with E-state index in [0.29, 0.717) is 11.4 Å². The van der Waals surface area contributed by atoms with Crippen LogP contribution in [0.25, 0.3) is 0 Å². The molecule has 13 heteroatoms. The van der Waals surface area contributed by atoms with Gasteiger partial charge in [0.2, 0.25) is 23.6 Å². The highest BCUT2D eigenvalue weighted by molar-refractivity contribution is 6.07. The number of benzene rings is 1. The zero-order valence-corrected chi connectivity index (χ0v) is 16.3. The number of fused-ring (bicyclic) bond motifs is 1. The number of anilines is 2. The van der Waals surface area contributed by atoms with Crippen LogP contribution in [0.3, 0.4) is 0 Å². The highest BCUT2D eigenvalue weighted by atomic mass is 19.4. The van der Waals surface area contributed by atoms with Crippen molar-refractivity contribution >= 4 is 35.0 Å². The summed E-state index contributed by atoms with van der Waals surface area (Å²) < 4.78 is 62.5. The number of hydrogen-bond acceptors (Lipinski definition) is 4. The lowest BCUT2D eigenvalue weighted by Gasteiger charge is -2.24. The van der Waals surface area contributed by atoms with Gasteiger partial charge in [-0.25, -0.2) is 0 Å². The maximum absolute atomic E-state index is 12.9. The number of nitrogens with zero attached hydrogens (tertiary/aromatic N) is 1. The Kier molecular flexibility index (Phi) is 6.86. The summed E-state index contributed by atoms with van der Waals surface area (Å²) in [5.41, 5.74) is 0.680. The minimum atomic E-state index is -5.87. The van der Waals surface area contributed by atoms with Gasteiger partial charge in [-0.15, -0.1) is 0 Å². The average Bonchev–Trinajstić information content (AvgIpc) is 2.81. The van der Waals surface area contributed by atoms with E-state index in [1.165, 1.54) is 23.2 Å². The van der Waals surface area contributed by atoms with Crippen LogP contribution in [-0.4, -0.2) is 54.9 Å². The van der Waals surface area contributed by atoms with Crippen molar-refractivity contribution in [2.75, 3.05) is 23.3 Å². The van der Waals surface area contributed by atoms with Crippen LogP contribution >= 0.6 is 0 Å². The van der Waals surface area contributed by atoms with Crippen molar-refractivity contribution in [3.8, 4) is 0 Å². The van der Waals surface area contributed by atoms with Crippen LogP contribution in [0, 0.1) is 5.92 Å². The molecule has 1 aromatic rings. The molecule has 0 saturated carbocycles. The standard InChI is InChI=1S/C18H19F5N4O4/c1-9(14(29)24-8-17(19,20)18(21,22)23)15(30)26-12-7-27(10(2)28)13-6-4-3-5-11(13)25-16(12)31/h3-6,9,12H,7-8H2,1-2H3,(H,24,29)(H,25,31)(H,26,30). The molecule has 1 aliphatic rings. The van der Waals surface area contributed by atoms with E-state index >= 15 is 0 Å². The molecular weight excluding hydrogens is 431 g/mol. The van der Waals surface area contributed by atoms with Crippen molar-refractivity contribution in [2.45, 2.75) is 32.0 Å². The van der Waals surface area contributed by atoms with E-state index in [1.54, 1.807) is 18.2 Å². The van der Waals surface area contributed by atoms with Gasteiger partial charge >= 0.3 is 12.1 Å². The minimum Gasteiger partial charge on any atom is -0.349 e. The Bertz CT molecular complexity index is 890. The summed E-state index contributed by atoms with van der Waals surface area (Å²) in [5, 5.41) is 6.12. The van der Waals surface area contributed by atoms with E-state index in [0.717, 1.165) is 6.92 Å². The topological polar surface area (TPSA) is 108 Å². The fourth-order valence-corrected chi connectivity index (χ4v) is 2.67. The average molecular weight is 450 g/mol. The summed E-state index contributed by atoms with van der Waals surface area (Å²) in [5.74, 6) is -10.5. The molecule has 1 aromatic carbocycles. The van der Waals surface area contributed by atoms with Crippen LogP contribution in [0.2, 0.25) is 0 Å². The highest BCUT2D eigenvalue weighted by Gasteiger charge is 2.57. The Labute approximate surface area is 173 Å². The van der Waals surface area contributed by atoms with Gasteiger partial charge in [0.05, 0.1) is 24.5 Å². The third-order valence-corrected chi connectivity index (χ3v) is 4.52. The maximum atomic E-state index is 12.9. The highest BCUT2D eigenvalue weighted by Crippen LogP contribution is 2.34. The lowest BCUT2D eigenvalue weighted by atomic mass is 10.1. The molecule has 170 valence electrons. The van der Waals surface area contributed by atoms with Crippen LogP contribution in [0.4, 0.5) is 33.3 Å². The Morgan fingerprint density at radius 1 is 1.16 bits per heavy atom. The lowest BCUT2D eigenvalue weighted by molar-refractivity contribution is -0.278. The number of nitrogens with one attached hydrogen (secondary N) is 3. The van der Waals surface area contributed by atoms with E-state index < -0.39 is 54.2 Å². The second-order valence-electron chi connectivity index (χ2n) is 6.84. The molecule has 0 radical (unpaired) electrons. The molecule has 1 heterocycles. The van der Waals surface area contributed by atoms with E-state index in [1.807, 2.05) is 0 Å². The first-order chi connectivity index (χ1) is 14.2. The van der Waals surface area contributed by atoms with E-state index in [4.69, 9.17) is 0 Å². The fourth-order valence-electron chi connectivity index (χ4n) is 2.67. The Morgan fingerprint density at radius 2 is 1.77 bits per heavy atom. The van der Waals surface area contributed by atoms with E-state index in [9.17, 15) is 41.1 Å². The predicted octanol–water partition coefficient (Wildman–Crippen LogP) is 1.43. The Hall–Kier alpha value is -3.25. The number of rotatable bonds is 5. The van der Waals surface area contributed by atoms with Crippen LogP contribution in [-0.2, 0) is 19.2 Å². The molecular formula is C18H19F5N4O4. The number of amides is 4. The van der Waals surface area contributed by atoms with Gasteiger partial charge in [0.1, 0.15) is 12.0 Å². The van der Waals surface area contributed by atoms with Crippen molar-refractivity contribution in [1.82, 2.24) is 10.6 Å². The zero-order valence-electron chi connectivity index (χ0n) is 16.3. The van der Waals surface area contributed by atoms with E-state index in [-0.39, 0.29) is 6.54 Å². The number of halogens is 5.